The lowest BCUT2D eigenvalue weighted by Crippen LogP contribution is -2.39. The molecule has 3 fully saturated rings. The van der Waals surface area contributed by atoms with E-state index in [9.17, 15) is 4.79 Å². The van der Waals surface area contributed by atoms with Gasteiger partial charge in [-0.15, -0.1) is 0 Å². The van der Waals surface area contributed by atoms with Crippen LogP contribution in [0.15, 0.2) is 24.5 Å². The Kier molecular flexibility index (Phi) is 5.55. The van der Waals surface area contributed by atoms with Crippen molar-refractivity contribution in [3.8, 4) is 0 Å². The number of nitrogens with zero attached hydrogens (tertiary/aromatic N) is 3. The zero-order valence-electron chi connectivity index (χ0n) is 15.7. The van der Waals surface area contributed by atoms with Crippen LogP contribution in [0.2, 0.25) is 0 Å². The molecule has 0 radical (unpaired) electrons. The van der Waals surface area contributed by atoms with E-state index in [1.165, 1.54) is 5.56 Å². The van der Waals surface area contributed by atoms with Crippen LogP contribution in [-0.4, -0.2) is 60.1 Å². The quantitative estimate of drug-likeness (QED) is 0.831. The Morgan fingerprint density at radius 1 is 1.15 bits per heavy atom. The van der Waals surface area contributed by atoms with E-state index >= 15 is 0 Å². The van der Waals surface area contributed by atoms with Gasteiger partial charge in [0.25, 0.3) is 0 Å². The molecular weight excluding hydrogens is 326 g/mol. The van der Waals surface area contributed by atoms with E-state index in [0.717, 1.165) is 84.5 Å². The molecule has 0 aliphatic carbocycles. The van der Waals surface area contributed by atoms with Crippen LogP contribution in [-0.2, 0) is 16.1 Å². The summed E-state index contributed by atoms with van der Waals surface area (Å²) in [4.78, 5) is 22.1. The molecule has 1 atom stereocenters. The molecule has 4 rings (SSSR count). The largest absolute Gasteiger partial charge is 0.381 e. The summed E-state index contributed by atoms with van der Waals surface area (Å²) in [5.41, 5.74) is 1.18. The third-order valence-electron chi connectivity index (χ3n) is 6.59. The molecule has 4 heterocycles. The Labute approximate surface area is 156 Å². The molecule has 0 bridgehead atoms. The van der Waals surface area contributed by atoms with Crippen molar-refractivity contribution < 1.29 is 9.53 Å². The third kappa shape index (κ3) is 3.94. The zero-order valence-corrected chi connectivity index (χ0v) is 15.7. The number of carbonyl (C=O) groups excluding carboxylic acids is 1. The maximum absolute atomic E-state index is 13.2. The summed E-state index contributed by atoms with van der Waals surface area (Å²) >= 11 is 0. The summed E-state index contributed by atoms with van der Waals surface area (Å²) in [7, 11) is 0. The van der Waals surface area contributed by atoms with Crippen molar-refractivity contribution in [3.05, 3.63) is 30.1 Å². The Morgan fingerprint density at radius 3 is 2.81 bits per heavy atom. The number of hydrogen-bond acceptors (Lipinski definition) is 4. The fourth-order valence-electron chi connectivity index (χ4n) is 4.93. The number of carbonyl (C=O) groups is 1. The number of aromatic nitrogens is 1. The predicted molar refractivity (Wildman–Crippen MR) is 101 cm³/mol. The van der Waals surface area contributed by atoms with Crippen molar-refractivity contribution >= 4 is 5.91 Å². The number of likely N-dealkylation sites (tertiary alicyclic amines) is 2. The van der Waals surface area contributed by atoms with Crippen LogP contribution in [0.3, 0.4) is 0 Å². The van der Waals surface area contributed by atoms with Crippen LogP contribution < -0.4 is 0 Å². The molecule has 0 saturated carbocycles. The average molecular weight is 357 g/mol. The van der Waals surface area contributed by atoms with E-state index in [1.54, 1.807) is 0 Å². The van der Waals surface area contributed by atoms with Crippen molar-refractivity contribution in [2.45, 2.75) is 45.1 Å². The normalized spacial score (nSPS) is 28.6. The molecule has 3 saturated heterocycles. The van der Waals surface area contributed by atoms with E-state index < -0.39 is 0 Å². The first-order valence-electron chi connectivity index (χ1n) is 10.2. The zero-order chi connectivity index (χ0) is 17.8. The second-order valence-electron chi connectivity index (χ2n) is 8.33. The van der Waals surface area contributed by atoms with Gasteiger partial charge in [-0.1, -0.05) is 6.07 Å². The molecule has 3 aliphatic heterocycles. The van der Waals surface area contributed by atoms with Gasteiger partial charge in [-0.05, 0) is 69.2 Å². The SMILES string of the molecule is O=C1N(CC2CCOCC2)CCC12CCCN(Cc1cccnc1)CC2. The van der Waals surface area contributed by atoms with Gasteiger partial charge >= 0.3 is 0 Å². The number of ether oxygens (including phenoxy) is 1. The summed E-state index contributed by atoms with van der Waals surface area (Å²) in [6, 6.07) is 4.15. The fourth-order valence-corrected chi connectivity index (χ4v) is 4.93. The van der Waals surface area contributed by atoms with Gasteiger partial charge in [-0.25, -0.2) is 0 Å². The summed E-state index contributed by atoms with van der Waals surface area (Å²) in [5, 5.41) is 0. The summed E-state index contributed by atoms with van der Waals surface area (Å²) in [5.74, 6) is 1.07. The smallest absolute Gasteiger partial charge is 0.228 e. The van der Waals surface area contributed by atoms with Gasteiger partial charge in [-0.2, -0.15) is 0 Å². The highest BCUT2D eigenvalue weighted by molar-refractivity contribution is 5.84. The first-order valence-corrected chi connectivity index (χ1v) is 10.2. The Bertz CT molecular complexity index is 603. The fraction of sp³-hybridized carbons (Fsp3) is 0.714. The highest BCUT2D eigenvalue weighted by Gasteiger charge is 2.47. The molecule has 1 amide bonds. The highest BCUT2D eigenvalue weighted by Crippen LogP contribution is 2.42. The van der Waals surface area contributed by atoms with E-state index in [1.807, 2.05) is 18.5 Å². The van der Waals surface area contributed by atoms with Crippen LogP contribution in [0.4, 0.5) is 0 Å². The molecular formula is C21H31N3O2. The maximum atomic E-state index is 13.2. The van der Waals surface area contributed by atoms with Crippen molar-refractivity contribution in [2.24, 2.45) is 11.3 Å². The highest BCUT2D eigenvalue weighted by atomic mass is 16.5. The van der Waals surface area contributed by atoms with E-state index in [2.05, 4.69) is 20.9 Å². The van der Waals surface area contributed by atoms with Gasteiger partial charge in [0.15, 0.2) is 0 Å². The summed E-state index contributed by atoms with van der Waals surface area (Å²) in [6.07, 6.45) is 10.2. The lowest BCUT2D eigenvalue weighted by atomic mass is 9.79. The van der Waals surface area contributed by atoms with Gasteiger partial charge in [0.05, 0.1) is 5.41 Å². The Balaban J connectivity index is 1.34. The first-order chi connectivity index (χ1) is 12.8. The van der Waals surface area contributed by atoms with Gasteiger partial charge in [0.1, 0.15) is 0 Å². The molecule has 142 valence electrons. The van der Waals surface area contributed by atoms with Crippen molar-refractivity contribution in [3.63, 3.8) is 0 Å². The second kappa shape index (κ2) is 8.05. The third-order valence-corrected chi connectivity index (χ3v) is 6.59. The molecule has 1 aromatic heterocycles. The van der Waals surface area contributed by atoms with Gasteiger partial charge in [-0.3, -0.25) is 14.7 Å². The van der Waals surface area contributed by atoms with Gasteiger partial charge in [0, 0.05) is 45.2 Å². The van der Waals surface area contributed by atoms with Gasteiger partial charge < -0.3 is 9.64 Å². The van der Waals surface area contributed by atoms with E-state index in [0.29, 0.717) is 11.8 Å². The number of amides is 1. The minimum absolute atomic E-state index is 0.0884. The van der Waals surface area contributed by atoms with Crippen LogP contribution in [0.5, 0.6) is 0 Å². The Morgan fingerprint density at radius 2 is 2.00 bits per heavy atom. The lowest BCUT2D eigenvalue weighted by molar-refractivity contribution is -0.137. The van der Waals surface area contributed by atoms with Crippen LogP contribution in [0.25, 0.3) is 0 Å². The molecule has 5 nitrogen and oxygen atoms in total. The van der Waals surface area contributed by atoms with Crippen molar-refractivity contribution in [1.82, 2.24) is 14.8 Å². The Hall–Kier alpha value is -1.46. The van der Waals surface area contributed by atoms with Crippen LogP contribution >= 0.6 is 0 Å². The summed E-state index contributed by atoms with van der Waals surface area (Å²) < 4.78 is 5.46. The first kappa shape index (κ1) is 17.9. The molecule has 1 unspecified atom stereocenters. The van der Waals surface area contributed by atoms with Crippen molar-refractivity contribution in [1.29, 1.82) is 0 Å². The van der Waals surface area contributed by atoms with Crippen molar-refractivity contribution in [2.75, 3.05) is 39.4 Å². The molecule has 0 aromatic carbocycles. The second-order valence-corrected chi connectivity index (χ2v) is 8.33. The van der Waals surface area contributed by atoms with Crippen LogP contribution in [0, 0.1) is 11.3 Å². The minimum Gasteiger partial charge on any atom is -0.381 e. The standard InChI is InChI=1S/C21H31N3O2/c25-20-21(8-12-24(20)17-18-4-13-26-14-5-18)6-2-10-23(11-7-21)16-19-3-1-9-22-15-19/h1,3,9,15,18H,2,4-8,10-14,16-17H2. The number of rotatable bonds is 4. The summed E-state index contributed by atoms with van der Waals surface area (Å²) in [6.45, 7) is 6.68. The molecule has 1 aromatic rings. The van der Waals surface area contributed by atoms with Gasteiger partial charge in [0.2, 0.25) is 5.91 Å². The van der Waals surface area contributed by atoms with E-state index in [4.69, 9.17) is 4.74 Å². The lowest BCUT2D eigenvalue weighted by Gasteiger charge is -2.30. The van der Waals surface area contributed by atoms with E-state index in [-0.39, 0.29) is 5.41 Å². The molecule has 26 heavy (non-hydrogen) atoms. The minimum atomic E-state index is -0.0884. The average Bonchev–Trinajstić information content (AvgIpc) is 2.85. The molecule has 0 N–H and O–H groups in total. The van der Waals surface area contributed by atoms with Crippen LogP contribution in [0.1, 0.15) is 44.1 Å². The topological polar surface area (TPSA) is 45.7 Å². The number of hydrogen-bond donors (Lipinski definition) is 0. The predicted octanol–water partition coefficient (Wildman–Crippen LogP) is 2.71. The monoisotopic (exact) mass is 357 g/mol. The molecule has 1 spiro atoms. The molecule has 5 heteroatoms. The number of pyridine rings is 1. The molecule has 3 aliphatic rings. The maximum Gasteiger partial charge on any atom is 0.228 e.